The molecule has 0 saturated carbocycles. The van der Waals surface area contributed by atoms with E-state index < -0.39 is 15.6 Å². The van der Waals surface area contributed by atoms with Gasteiger partial charge >= 0.3 is 0 Å². The fraction of sp³-hybridized carbons (Fsp3) is 1.00. The number of β-amino-alcohol motifs (C(OH)–C–C–N with tert-alkyl or cyclic N) is 1. The lowest BCUT2D eigenvalue weighted by Crippen LogP contribution is -2.39. The molecule has 2 aliphatic heterocycles. The van der Waals surface area contributed by atoms with Crippen molar-refractivity contribution in [2.45, 2.75) is 31.8 Å². The van der Waals surface area contributed by atoms with Crippen LogP contribution in [0.2, 0.25) is 0 Å². The fourth-order valence-corrected chi connectivity index (χ4v) is 4.58. The Kier molecular flexibility index (Phi) is 3.77. The lowest BCUT2D eigenvalue weighted by atomic mass is 10.0. The SMILES string of the molecule is CC1(O)CCN(S(=O)(=O)CC2CCNCC2)C1. The molecule has 0 aromatic carbocycles. The van der Waals surface area contributed by atoms with Crippen LogP contribution < -0.4 is 5.32 Å². The first-order chi connectivity index (χ1) is 7.89. The van der Waals surface area contributed by atoms with E-state index >= 15 is 0 Å². The molecule has 0 aromatic rings. The number of hydrogen-bond donors (Lipinski definition) is 2. The van der Waals surface area contributed by atoms with Gasteiger partial charge in [0.15, 0.2) is 0 Å². The summed E-state index contributed by atoms with van der Waals surface area (Å²) in [6, 6.07) is 0. The van der Waals surface area contributed by atoms with Crippen LogP contribution >= 0.6 is 0 Å². The van der Waals surface area contributed by atoms with E-state index in [1.165, 1.54) is 4.31 Å². The van der Waals surface area contributed by atoms with Gasteiger partial charge in [0.25, 0.3) is 0 Å². The number of sulfonamides is 1. The average molecular weight is 262 g/mol. The third-order valence-electron chi connectivity index (χ3n) is 3.72. The van der Waals surface area contributed by atoms with E-state index in [0.29, 0.717) is 13.0 Å². The van der Waals surface area contributed by atoms with Crippen LogP contribution in [0.3, 0.4) is 0 Å². The van der Waals surface area contributed by atoms with E-state index in [1.807, 2.05) is 0 Å². The van der Waals surface area contributed by atoms with E-state index in [4.69, 9.17) is 0 Å². The Bertz CT molecular complexity index is 361. The standard InChI is InChI=1S/C11H22N2O3S/c1-11(14)4-7-13(9-11)17(15,16)8-10-2-5-12-6-3-10/h10,12,14H,2-9H2,1H3. The monoisotopic (exact) mass is 262 g/mol. The molecule has 0 spiro atoms. The van der Waals surface area contributed by atoms with Crippen LogP contribution in [-0.4, -0.2) is 55.4 Å². The Labute approximate surface area is 103 Å². The summed E-state index contributed by atoms with van der Waals surface area (Å²) in [6.45, 7) is 4.24. The second-order valence-electron chi connectivity index (χ2n) is 5.55. The zero-order valence-electron chi connectivity index (χ0n) is 10.4. The number of rotatable bonds is 3. The smallest absolute Gasteiger partial charge is 0.214 e. The largest absolute Gasteiger partial charge is 0.389 e. The highest BCUT2D eigenvalue weighted by atomic mass is 32.2. The van der Waals surface area contributed by atoms with E-state index in [2.05, 4.69) is 5.32 Å². The van der Waals surface area contributed by atoms with Gasteiger partial charge in [-0.1, -0.05) is 0 Å². The van der Waals surface area contributed by atoms with Gasteiger partial charge in [-0.15, -0.1) is 0 Å². The molecule has 0 bridgehead atoms. The van der Waals surface area contributed by atoms with Gasteiger partial charge in [0.1, 0.15) is 0 Å². The van der Waals surface area contributed by atoms with Crippen LogP contribution in [0.4, 0.5) is 0 Å². The van der Waals surface area contributed by atoms with Crippen LogP contribution in [0.15, 0.2) is 0 Å². The quantitative estimate of drug-likeness (QED) is 0.737. The maximum absolute atomic E-state index is 12.2. The Balaban J connectivity index is 1.94. The number of nitrogens with zero attached hydrogens (tertiary/aromatic N) is 1. The second kappa shape index (κ2) is 4.84. The van der Waals surface area contributed by atoms with Gasteiger partial charge in [-0.3, -0.25) is 0 Å². The van der Waals surface area contributed by atoms with Crippen molar-refractivity contribution in [1.82, 2.24) is 9.62 Å². The molecule has 2 heterocycles. The number of piperidine rings is 1. The van der Waals surface area contributed by atoms with E-state index in [1.54, 1.807) is 6.92 Å². The van der Waals surface area contributed by atoms with E-state index in [-0.39, 0.29) is 18.2 Å². The molecule has 100 valence electrons. The molecule has 0 aliphatic carbocycles. The Morgan fingerprint density at radius 3 is 2.59 bits per heavy atom. The summed E-state index contributed by atoms with van der Waals surface area (Å²) < 4.78 is 25.8. The minimum absolute atomic E-state index is 0.241. The molecule has 2 fully saturated rings. The van der Waals surface area contributed by atoms with Crippen molar-refractivity contribution in [3.8, 4) is 0 Å². The van der Waals surface area contributed by atoms with Crippen molar-refractivity contribution in [3.63, 3.8) is 0 Å². The van der Waals surface area contributed by atoms with Gasteiger partial charge in [0.2, 0.25) is 10.0 Å². The normalized spacial score (nSPS) is 33.1. The van der Waals surface area contributed by atoms with Gasteiger partial charge in [-0.05, 0) is 45.2 Å². The maximum atomic E-state index is 12.2. The van der Waals surface area contributed by atoms with Crippen molar-refractivity contribution in [1.29, 1.82) is 0 Å². The summed E-state index contributed by atoms with van der Waals surface area (Å²) in [6.07, 6.45) is 2.41. The van der Waals surface area contributed by atoms with E-state index in [0.717, 1.165) is 25.9 Å². The van der Waals surface area contributed by atoms with E-state index in [9.17, 15) is 13.5 Å². The highest BCUT2D eigenvalue weighted by Crippen LogP contribution is 2.25. The minimum atomic E-state index is -3.19. The Morgan fingerprint density at radius 1 is 1.41 bits per heavy atom. The summed E-state index contributed by atoms with van der Waals surface area (Å²) in [4.78, 5) is 0. The highest BCUT2D eigenvalue weighted by Gasteiger charge is 2.38. The van der Waals surface area contributed by atoms with Gasteiger partial charge < -0.3 is 10.4 Å². The first kappa shape index (κ1) is 13.3. The zero-order chi connectivity index (χ0) is 12.5. The average Bonchev–Trinajstić information content (AvgIpc) is 2.60. The third kappa shape index (κ3) is 3.40. The van der Waals surface area contributed by atoms with Crippen LogP contribution in [0.1, 0.15) is 26.2 Å². The molecule has 1 atom stereocenters. The third-order valence-corrected chi connectivity index (χ3v) is 5.71. The molecule has 0 aromatic heterocycles. The molecule has 2 saturated heterocycles. The Hall–Kier alpha value is -0.170. The first-order valence-electron chi connectivity index (χ1n) is 6.30. The Morgan fingerprint density at radius 2 is 2.06 bits per heavy atom. The summed E-state index contributed by atoms with van der Waals surface area (Å²) in [7, 11) is -3.19. The van der Waals surface area contributed by atoms with Crippen molar-refractivity contribution >= 4 is 10.0 Å². The molecule has 2 aliphatic rings. The zero-order valence-corrected chi connectivity index (χ0v) is 11.2. The van der Waals surface area contributed by atoms with Gasteiger partial charge in [0.05, 0.1) is 11.4 Å². The second-order valence-corrected chi connectivity index (χ2v) is 7.57. The van der Waals surface area contributed by atoms with Crippen LogP contribution in [0.25, 0.3) is 0 Å². The minimum Gasteiger partial charge on any atom is -0.389 e. The predicted molar refractivity (Wildman–Crippen MR) is 66.2 cm³/mol. The van der Waals surface area contributed by atoms with Crippen LogP contribution in [-0.2, 0) is 10.0 Å². The fourth-order valence-electron chi connectivity index (χ4n) is 2.59. The molecule has 0 radical (unpaired) electrons. The highest BCUT2D eigenvalue weighted by molar-refractivity contribution is 7.89. The van der Waals surface area contributed by atoms with Crippen molar-refractivity contribution in [2.75, 3.05) is 31.9 Å². The summed E-state index contributed by atoms with van der Waals surface area (Å²) >= 11 is 0. The molecular formula is C11H22N2O3S. The van der Waals surface area contributed by atoms with Gasteiger partial charge in [-0.2, -0.15) is 4.31 Å². The molecule has 17 heavy (non-hydrogen) atoms. The number of aliphatic hydroxyl groups is 1. The van der Waals surface area contributed by atoms with Crippen LogP contribution in [0.5, 0.6) is 0 Å². The summed E-state index contributed by atoms with van der Waals surface area (Å²) in [5, 5.41) is 13.1. The summed E-state index contributed by atoms with van der Waals surface area (Å²) in [5.74, 6) is 0.511. The molecule has 6 heteroatoms. The summed E-state index contributed by atoms with van der Waals surface area (Å²) in [5.41, 5.74) is -0.846. The van der Waals surface area contributed by atoms with Crippen molar-refractivity contribution in [2.24, 2.45) is 5.92 Å². The van der Waals surface area contributed by atoms with Gasteiger partial charge in [0, 0.05) is 13.1 Å². The van der Waals surface area contributed by atoms with Crippen LogP contribution in [0, 0.1) is 5.92 Å². The molecule has 1 unspecified atom stereocenters. The van der Waals surface area contributed by atoms with Crippen molar-refractivity contribution in [3.05, 3.63) is 0 Å². The number of hydrogen-bond acceptors (Lipinski definition) is 4. The van der Waals surface area contributed by atoms with Crippen molar-refractivity contribution < 1.29 is 13.5 Å². The molecule has 0 amide bonds. The van der Waals surface area contributed by atoms with Gasteiger partial charge in [-0.25, -0.2) is 8.42 Å². The molecule has 2 N–H and O–H groups in total. The lowest BCUT2D eigenvalue weighted by Gasteiger charge is -2.25. The first-order valence-corrected chi connectivity index (χ1v) is 7.91. The molecule has 5 nitrogen and oxygen atoms in total. The lowest BCUT2D eigenvalue weighted by molar-refractivity contribution is 0.0762. The molecule has 2 rings (SSSR count). The number of nitrogens with one attached hydrogen (secondary N) is 1. The topological polar surface area (TPSA) is 69.6 Å². The predicted octanol–water partition coefficient (Wildman–Crippen LogP) is -0.227. The molecular weight excluding hydrogens is 240 g/mol. The maximum Gasteiger partial charge on any atom is 0.214 e.